The Labute approximate surface area is 250 Å². The molecule has 0 spiro atoms. The van der Waals surface area contributed by atoms with E-state index in [1.54, 1.807) is 44.2 Å². The molecule has 10 heteroatoms. The minimum Gasteiger partial charge on any atom is -0.352 e. The van der Waals surface area contributed by atoms with Gasteiger partial charge in [-0.1, -0.05) is 70.3 Å². The average Bonchev–Trinajstić information content (AvgIpc) is 2.92. The molecule has 1 N–H and O–H groups in total. The quantitative estimate of drug-likeness (QED) is 0.267. The van der Waals surface area contributed by atoms with E-state index in [1.165, 1.54) is 17.0 Å². The molecule has 3 aromatic rings. The van der Waals surface area contributed by atoms with Gasteiger partial charge in [0, 0.05) is 22.1 Å². The number of rotatable bonds is 11. The second kappa shape index (κ2) is 13.7. The standard InChI is InChI=1S/C30H35BrClN3O4S/c1-6-21(3)33-30(37)23(5)34(18-24-12-14-25(31)15-13-24)29(36)19-35(28-9-7-8-27(32)22(28)4)40(38,39)26-16-10-20(2)11-17-26/h7-17,21,23H,6,18-19H2,1-5H3,(H,33,37)/t21-,23-/m0/s1. The van der Waals surface area contributed by atoms with E-state index in [0.717, 1.165) is 26.3 Å². The molecule has 0 heterocycles. The van der Waals surface area contributed by atoms with Gasteiger partial charge in [0.15, 0.2) is 0 Å². The highest BCUT2D eigenvalue weighted by Crippen LogP contribution is 2.31. The normalized spacial score (nSPS) is 12.9. The number of nitrogens with zero attached hydrogens (tertiary/aromatic N) is 2. The van der Waals surface area contributed by atoms with E-state index in [4.69, 9.17) is 11.6 Å². The van der Waals surface area contributed by atoms with Crippen LogP contribution in [-0.2, 0) is 26.2 Å². The van der Waals surface area contributed by atoms with Crippen LogP contribution in [0.15, 0.2) is 76.1 Å². The maximum Gasteiger partial charge on any atom is 0.264 e. The minimum absolute atomic E-state index is 0.0484. The molecular formula is C30H35BrClN3O4S. The van der Waals surface area contributed by atoms with Crippen molar-refractivity contribution in [3.63, 3.8) is 0 Å². The van der Waals surface area contributed by atoms with E-state index in [2.05, 4.69) is 21.2 Å². The van der Waals surface area contributed by atoms with E-state index < -0.39 is 28.5 Å². The fourth-order valence-electron chi connectivity index (χ4n) is 4.05. The third-order valence-electron chi connectivity index (χ3n) is 6.83. The Bertz CT molecular complexity index is 1450. The lowest BCUT2D eigenvalue weighted by Gasteiger charge is -2.33. The predicted octanol–water partition coefficient (Wildman–Crippen LogP) is 6.25. The number of anilines is 1. The maximum atomic E-state index is 14.0. The number of benzene rings is 3. The number of carbonyl (C=O) groups is 2. The zero-order valence-corrected chi connectivity index (χ0v) is 26.5. The number of amides is 2. The molecule has 214 valence electrons. The number of nitrogens with one attached hydrogen (secondary N) is 1. The summed E-state index contributed by atoms with van der Waals surface area (Å²) in [7, 11) is -4.17. The van der Waals surface area contributed by atoms with Gasteiger partial charge in [0.25, 0.3) is 10.0 Å². The lowest BCUT2D eigenvalue weighted by Crippen LogP contribution is -2.52. The molecule has 0 saturated carbocycles. The molecule has 2 amide bonds. The molecule has 0 aliphatic heterocycles. The number of hydrogen-bond donors (Lipinski definition) is 1. The summed E-state index contributed by atoms with van der Waals surface area (Å²) in [5.74, 6) is -0.837. The first kappa shape index (κ1) is 31.6. The molecule has 0 radical (unpaired) electrons. The van der Waals surface area contributed by atoms with Crippen molar-refractivity contribution in [2.45, 2.75) is 64.6 Å². The first-order chi connectivity index (χ1) is 18.8. The Balaban J connectivity index is 2.06. The van der Waals surface area contributed by atoms with Crippen LogP contribution < -0.4 is 9.62 Å². The predicted molar refractivity (Wildman–Crippen MR) is 164 cm³/mol. The van der Waals surface area contributed by atoms with E-state index in [0.29, 0.717) is 16.3 Å². The van der Waals surface area contributed by atoms with Gasteiger partial charge in [-0.05, 0) is 81.6 Å². The summed E-state index contributed by atoms with van der Waals surface area (Å²) < 4.78 is 29.9. The van der Waals surface area contributed by atoms with Crippen molar-refractivity contribution in [2.75, 3.05) is 10.8 Å². The van der Waals surface area contributed by atoms with Crippen LogP contribution >= 0.6 is 27.5 Å². The van der Waals surface area contributed by atoms with Crippen molar-refractivity contribution >= 4 is 55.1 Å². The van der Waals surface area contributed by atoms with Crippen molar-refractivity contribution in [1.82, 2.24) is 10.2 Å². The second-order valence-corrected chi connectivity index (χ2v) is 13.0. The van der Waals surface area contributed by atoms with Gasteiger partial charge >= 0.3 is 0 Å². The molecule has 7 nitrogen and oxygen atoms in total. The third kappa shape index (κ3) is 7.65. The largest absolute Gasteiger partial charge is 0.352 e. The molecule has 0 saturated heterocycles. The first-order valence-corrected chi connectivity index (χ1v) is 15.6. The Morgan fingerprint density at radius 3 is 2.20 bits per heavy atom. The maximum absolute atomic E-state index is 14.0. The molecular weight excluding hydrogens is 614 g/mol. The summed E-state index contributed by atoms with van der Waals surface area (Å²) in [6.07, 6.45) is 0.732. The topological polar surface area (TPSA) is 86.8 Å². The van der Waals surface area contributed by atoms with Gasteiger partial charge in [-0.2, -0.15) is 0 Å². The summed E-state index contributed by atoms with van der Waals surface area (Å²) >= 11 is 9.79. The van der Waals surface area contributed by atoms with Crippen LogP contribution in [-0.4, -0.2) is 43.8 Å². The van der Waals surface area contributed by atoms with Crippen LogP contribution in [0.5, 0.6) is 0 Å². The summed E-state index contributed by atoms with van der Waals surface area (Å²) in [5.41, 5.74) is 2.52. The zero-order valence-electron chi connectivity index (χ0n) is 23.3. The Morgan fingerprint density at radius 2 is 1.60 bits per heavy atom. The summed E-state index contributed by atoms with van der Waals surface area (Å²) in [4.78, 5) is 28.6. The number of halogens is 2. The highest BCUT2D eigenvalue weighted by molar-refractivity contribution is 9.10. The van der Waals surface area contributed by atoms with Gasteiger partial charge in [0.05, 0.1) is 10.6 Å². The minimum atomic E-state index is -4.17. The fourth-order valence-corrected chi connectivity index (χ4v) is 5.96. The zero-order chi connectivity index (χ0) is 29.6. The molecule has 0 aliphatic carbocycles. The summed E-state index contributed by atoms with van der Waals surface area (Å²) in [6.45, 7) is 8.68. The number of aryl methyl sites for hydroxylation is 1. The van der Waals surface area contributed by atoms with Gasteiger partial charge in [-0.3, -0.25) is 13.9 Å². The number of hydrogen-bond acceptors (Lipinski definition) is 4. The Morgan fingerprint density at radius 1 is 0.975 bits per heavy atom. The Kier molecular flexibility index (Phi) is 10.8. The van der Waals surface area contributed by atoms with Gasteiger partial charge in [0.1, 0.15) is 12.6 Å². The van der Waals surface area contributed by atoms with Crippen molar-refractivity contribution in [1.29, 1.82) is 0 Å². The molecule has 3 aromatic carbocycles. The van der Waals surface area contributed by atoms with Crippen molar-refractivity contribution in [3.05, 3.63) is 92.9 Å². The average molecular weight is 649 g/mol. The molecule has 0 aromatic heterocycles. The van der Waals surface area contributed by atoms with Crippen LogP contribution in [0.2, 0.25) is 5.02 Å². The van der Waals surface area contributed by atoms with Crippen molar-refractivity contribution < 1.29 is 18.0 Å². The van der Waals surface area contributed by atoms with Gasteiger partial charge in [0.2, 0.25) is 11.8 Å². The first-order valence-electron chi connectivity index (χ1n) is 13.0. The highest BCUT2D eigenvalue weighted by Gasteiger charge is 2.33. The second-order valence-electron chi connectivity index (χ2n) is 9.85. The lowest BCUT2D eigenvalue weighted by molar-refractivity contribution is -0.139. The van der Waals surface area contributed by atoms with Crippen LogP contribution in [0.4, 0.5) is 5.69 Å². The SMILES string of the molecule is CC[C@H](C)NC(=O)[C@H](C)N(Cc1ccc(Br)cc1)C(=O)CN(c1cccc(Cl)c1C)S(=O)(=O)c1ccc(C)cc1. The molecule has 0 aliphatic rings. The van der Waals surface area contributed by atoms with E-state index in [-0.39, 0.29) is 23.4 Å². The lowest BCUT2D eigenvalue weighted by atomic mass is 10.1. The van der Waals surface area contributed by atoms with Gasteiger partial charge < -0.3 is 10.2 Å². The Hall–Kier alpha value is -2.88. The van der Waals surface area contributed by atoms with Gasteiger partial charge in [-0.15, -0.1) is 0 Å². The van der Waals surface area contributed by atoms with E-state index in [1.807, 2.05) is 45.0 Å². The molecule has 2 atom stereocenters. The monoisotopic (exact) mass is 647 g/mol. The van der Waals surface area contributed by atoms with E-state index >= 15 is 0 Å². The van der Waals surface area contributed by atoms with Crippen LogP contribution in [0.25, 0.3) is 0 Å². The molecule has 40 heavy (non-hydrogen) atoms. The van der Waals surface area contributed by atoms with Crippen LogP contribution in [0, 0.1) is 13.8 Å². The molecule has 0 fully saturated rings. The van der Waals surface area contributed by atoms with Crippen molar-refractivity contribution in [2.24, 2.45) is 0 Å². The van der Waals surface area contributed by atoms with Crippen LogP contribution in [0.3, 0.4) is 0 Å². The summed E-state index contributed by atoms with van der Waals surface area (Å²) in [6, 6.07) is 17.9. The van der Waals surface area contributed by atoms with Gasteiger partial charge in [-0.25, -0.2) is 8.42 Å². The number of carbonyl (C=O) groups excluding carboxylic acids is 2. The molecule has 3 rings (SSSR count). The smallest absolute Gasteiger partial charge is 0.264 e. The molecule has 0 unspecified atom stereocenters. The summed E-state index contributed by atoms with van der Waals surface area (Å²) in [5, 5.41) is 3.31. The molecule has 0 bridgehead atoms. The number of sulfonamides is 1. The van der Waals surface area contributed by atoms with Crippen LogP contribution in [0.1, 0.15) is 43.9 Å². The van der Waals surface area contributed by atoms with E-state index in [9.17, 15) is 18.0 Å². The third-order valence-corrected chi connectivity index (χ3v) is 9.54. The fraction of sp³-hybridized carbons (Fsp3) is 0.333. The highest BCUT2D eigenvalue weighted by atomic mass is 79.9. The van der Waals surface area contributed by atoms with Crippen molar-refractivity contribution in [3.8, 4) is 0 Å².